The molecule has 7 heteroatoms. The predicted octanol–water partition coefficient (Wildman–Crippen LogP) is 2.40. The Morgan fingerprint density at radius 1 is 1.28 bits per heavy atom. The van der Waals surface area contributed by atoms with Gasteiger partial charge in [-0.3, -0.25) is 14.4 Å². The number of amides is 1. The van der Waals surface area contributed by atoms with Gasteiger partial charge in [0.2, 0.25) is 0 Å². The van der Waals surface area contributed by atoms with E-state index in [1.165, 1.54) is 12.1 Å². The van der Waals surface area contributed by atoms with E-state index in [0.29, 0.717) is 17.8 Å². The lowest BCUT2D eigenvalue weighted by atomic mass is 10.0. The van der Waals surface area contributed by atoms with E-state index < -0.39 is 11.6 Å². The second-order valence-corrected chi connectivity index (χ2v) is 6.55. The molecular formula is C18H22F2N4O. The Kier molecular flexibility index (Phi) is 5.13. The van der Waals surface area contributed by atoms with E-state index in [0.717, 1.165) is 37.7 Å². The van der Waals surface area contributed by atoms with Crippen LogP contribution in [0.3, 0.4) is 0 Å². The Hall–Kier alpha value is -2.28. The van der Waals surface area contributed by atoms with Gasteiger partial charge < -0.3 is 5.32 Å². The highest BCUT2D eigenvalue weighted by Crippen LogP contribution is 2.17. The average Bonchev–Trinajstić information content (AvgIpc) is 2.90. The summed E-state index contributed by atoms with van der Waals surface area (Å²) in [4.78, 5) is 14.4. The van der Waals surface area contributed by atoms with Gasteiger partial charge in [-0.25, -0.2) is 8.78 Å². The Morgan fingerprint density at radius 2 is 2.00 bits per heavy atom. The molecule has 3 rings (SSSR count). The molecule has 0 aliphatic carbocycles. The van der Waals surface area contributed by atoms with Crippen molar-refractivity contribution in [3.05, 3.63) is 52.9 Å². The first-order valence-corrected chi connectivity index (χ1v) is 8.40. The maximum absolute atomic E-state index is 13.7. The maximum atomic E-state index is 13.7. The van der Waals surface area contributed by atoms with Gasteiger partial charge in [0.15, 0.2) is 0 Å². The summed E-state index contributed by atoms with van der Waals surface area (Å²) >= 11 is 0. The van der Waals surface area contributed by atoms with Gasteiger partial charge in [-0.1, -0.05) is 6.07 Å². The molecule has 5 nitrogen and oxygen atoms in total. The molecule has 2 aromatic rings. The van der Waals surface area contributed by atoms with E-state index in [9.17, 15) is 13.6 Å². The molecular weight excluding hydrogens is 326 g/mol. The topological polar surface area (TPSA) is 50.2 Å². The summed E-state index contributed by atoms with van der Waals surface area (Å²) in [6, 6.07) is 5.54. The molecule has 0 radical (unpaired) electrons. The van der Waals surface area contributed by atoms with Gasteiger partial charge in [0, 0.05) is 44.4 Å². The number of likely N-dealkylation sites (tertiary alicyclic amines) is 1. The van der Waals surface area contributed by atoms with Crippen LogP contribution in [0.4, 0.5) is 8.78 Å². The highest BCUT2D eigenvalue weighted by atomic mass is 19.1. The molecule has 0 spiro atoms. The van der Waals surface area contributed by atoms with Crippen molar-refractivity contribution in [3.8, 4) is 0 Å². The molecule has 0 saturated carbocycles. The van der Waals surface area contributed by atoms with E-state index in [-0.39, 0.29) is 11.9 Å². The van der Waals surface area contributed by atoms with E-state index in [4.69, 9.17) is 0 Å². The summed E-state index contributed by atoms with van der Waals surface area (Å²) in [6.07, 6.45) is 1.59. The van der Waals surface area contributed by atoms with Crippen LogP contribution in [0.5, 0.6) is 0 Å². The van der Waals surface area contributed by atoms with Gasteiger partial charge in [0.1, 0.15) is 17.3 Å². The Morgan fingerprint density at radius 3 is 2.60 bits per heavy atom. The summed E-state index contributed by atoms with van der Waals surface area (Å²) in [5.74, 6) is -1.19. The van der Waals surface area contributed by atoms with E-state index in [2.05, 4.69) is 15.3 Å². The van der Waals surface area contributed by atoms with Crippen LogP contribution >= 0.6 is 0 Å². The maximum Gasteiger partial charge on any atom is 0.269 e. The molecule has 1 fully saturated rings. The first-order valence-electron chi connectivity index (χ1n) is 8.40. The smallest absolute Gasteiger partial charge is 0.269 e. The third-order valence-corrected chi connectivity index (χ3v) is 4.57. The number of benzene rings is 1. The summed E-state index contributed by atoms with van der Waals surface area (Å²) in [5.41, 5.74) is 1.85. The molecule has 134 valence electrons. The van der Waals surface area contributed by atoms with Crippen molar-refractivity contribution in [2.24, 2.45) is 7.05 Å². The van der Waals surface area contributed by atoms with Gasteiger partial charge in [0.05, 0.1) is 5.69 Å². The Bertz CT molecular complexity index is 766. The van der Waals surface area contributed by atoms with Gasteiger partial charge in [-0.2, -0.15) is 5.10 Å². The van der Waals surface area contributed by atoms with Gasteiger partial charge >= 0.3 is 0 Å². The van der Waals surface area contributed by atoms with Crippen LogP contribution in [-0.4, -0.2) is 39.7 Å². The van der Waals surface area contributed by atoms with Gasteiger partial charge in [0.25, 0.3) is 5.91 Å². The molecule has 0 unspecified atom stereocenters. The SMILES string of the molecule is Cc1cc(C(=O)NC2CCN(Cc3ccc(F)cc3F)CC2)n(C)n1. The van der Waals surface area contributed by atoms with Crippen molar-refractivity contribution in [2.75, 3.05) is 13.1 Å². The minimum atomic E-state index is -0.562. The lowest BCUT2D eigenvalue weighted by molar-refractivity contribution is 0.0899. The second kappa shape index (κ2) is 7.31. The van der Waals surface area contributed by atoms with Crippen LogP contribution in [0.15, 0.2) is 24.3 Å². The lowest BCUT2D eigenvalue weighted by Gasteiger charge is -2.32. The second-order valence-electron chi connectivity index (χ2n) is 6.55. The molecule has 1 aromatic carbocycles. The van der Waals surface area contributed by atoms with Crippen molar-refractivity contribution < 1.29 is 13.6 Å². The molecule has 1 amide bonds. The molecule has 1 saturated heterocycles. The third kappa shape index (κ3) is 4.22. The van der Waals surface area contributed by atoms with Crippen molar-refractivity contribution in [2.45, 2.75) is 32.4 Å². The van der Waals surface area contributed by atoms with Crippen LogP contribution in [0.25, 0.3) is 0 Å². The fourth-order valence-electron chi connectivity index (χ4n) is 3.21. The van der Waals surface area contributed by atoms with Crippen molar-refractivity contribution in [3.63, 3.8) is 0 Å². The number of rotatable bonds is 4. The first kappa shape index (κ1) is 17.5. The molecule has 1 aromatic heterocycles. The minimum absolute atomic E-state index is 0.0945. The van der Waals surface area contributed by atoms with E-state index in [1.807, 2.05) is 6.92 Å². The third-order valence-electron chi connectivity index (χ3n) is 4.57. The summed E-state index contributed by atoms with van der Waals surface area (Å²) in [7, 11) is 1.75. The Balaban J connectivity index is 1.51. The zero-order valence-corrected chi connectivity index (χ0v) is 14.4. The molecule has 0 bridgehead atoms. The number of hydrogen-bond donors (Lipinski definition) is 1. The number of halogens is 2. The Labute approximate surface area is 145 Å². The van der Waals surface area contributed by atoms with Crippen molar-refractivity contribution in [1.29, 1.82) is 0 Å². The monoisotopic (exact) mass is 348 g/mol. The summed E-state index contributed by atoms with van der Waals surface area (Å²) in [5, 5.41) is 7.23. The fraction of sp³-hybridized carbons (Fsp3) is 0.444. The highest BCUT2D eigenvalue weighted by Gasteiger charge is 2.23. The number of nitrogens with zero attached hydrogens (tertiary/aromatic N) is 3. The van der Waals surface area contributed by atoms with Crippen molar-refractivity contribution in [1.82, 2.24) is 20.0 Å². The molecule has 1 aliphatic rings. The van der Waals surface area contributed by atoms with Crippen LogP contribution < -0.4 is 5.32 Å². The number of aromatic nitrogens is 2. The first-order chi connectivity index (χ1) is 11.9. The fourth-order valence-corrected chi connectivity index (χ4v) is 3.21. The summed E-state index contributed by atoms with van der Waals surface area (Å²) in [6.45, 7) is 3.82. The van der Waals surface area contributed by atoms with E-state index in [1.54, 1.807) is 17.8 Å². The quantitative estimate of drug-likeness (QED) is 0.923. The number of piperidine rings is 1. The molecule has 1 N–H and O–H groups in total. The van der Waals surface area contributed by atoms with Crippen LogP contribution in [0, 0.1) is 18.6 Å². The molecule has 25 heavy (non-hydrogen) atoms. The number of hydrogen-bond acceptors (Lipinski definition) is 3. The standard InChI is InChI=1S/C18H22F2N4O/c1-12-9-17(23(2)22-12)18(25)21-15-5-7-24(8-6-15)11-13-3-4-14(19)10-16(13)20/h3-4,9-10,15H,5-8,11H2,1-2H3,(H,21,25). The van der Waals surface area contributed by atoms with Crippen LogP contribution in [0.1, 0.15) is 34.6 Å². The number of aryl methyl sites for hydroxylation is 2. The highest BCUT2D eigenvalue weighted by molar-refractivity contribution is 5.92. The van der Waals surface area contributed by atoms with Gasteiger partial charge in [-0.15, -0.1) is 0 Å². The number of carbonyl (C=O) groups excluding carboxylic acids is 1. The predicted molar refractivity (Wildman–Crippen MR) is 90.1 cm³/mol. The molecule has 0 atom stereocenters. The lowest BCUT2D eigenvalue weighted by Crippen LogP contribution is -2.44. The molecule has 2 heterocycles. The average molecular weight is 348 g/mol. The zero-order valence-electron chi connectivity index (χ0n) is 14.4. The molecule has 1 aliphatic heterocycles. The number of nitrogens with one attached hydrogen (secondary N) is 1. The zero-order chi connectivity index (χ0) is 18.0. The summed E-state index contributed by atoms with van der Waals surface area (Å²) < 4.78 is 28.3. The van der Waals surface area contributed by atoms with Crippen molar-refractivity contribution >= 4 is 5.91 Å². The van der Waals surface area contributed by atoms with Gasteiger partial charge in [-0.05, 0) is 31.9 Å². The minimum Gasteiger partial charge on any atom is -0.348 e. The normalized spacial score (nSPS) is 16.2. The van der Waals surface area contributed by atoms with E-state index >= 15 is 0 Å². The van der Waals surface area contributed by atoms with Crippen LogP contribution in [-0.2, 0) is 13.6 Å². The van der Waals surface area contributed by atoms with Crippen LogP contribution in [0.2, 0.25) is 0 Å². The largest absolute Gasteiger partial charge is 0.348 e. The number of carbonyl (C=O) groups is 1.